The molecule has 1 N–H and O–H groups in total. The van der Waals surface area contributed by atoms with Gasteiger partial charge in [0, 0.05) is 6.04 Å². The quantitative estimate of drug-likeness (QED) is 0.596. The summed E-state index contributed by atoms with van der Waals surface area (Å²) >= 11 is 0. The molecule has 0 spiro atoms. The van der Waals surface area contributed by atoms with Crippen molar-refractivity contribution in [3.05, 3.63) is 0 Å². The van der Waals surface area contributed by atoms with Crippen LogP contribution in [0, 0.1) is 5.92 Å². The maximum atomic E-state index is 3.73. The van der Waals surface area contributed by atoms with Crippen LogP contribution in [0.4, 0.5) is 0 Å². The molecule has 0 rings (SSSR count). The third-order valence-electron chi connectivity index (χ3n) is 3.74. The lowest BCUT2D eigenvalue weighted by Crippen LogP contribution is -2.39. The number of rotatable bonds is 11. The fraction of sp³-hybridized carbons (Fsp3) is 1.00. The summed E-state index contributed by atoms with van der Waals surface area (Å²) < 4.78 is 0. The topological polar surface area (TPSA) is 15.3 Å². The Balaban J connectivity index is 4.07. The Bertz CT molecular complexity index is 155. The van der Waals surface area contributed by atoms with Crippen molar-refractivity contribution in [3.63, 3.8) is 0 Å². The van der Waals surface area contributed by atoms with Crippen LogP contribution in [0.15, 0.2) is 0 Å². The highest BCUT2D eigenvalue weighted by Gasteiger charge is 2.16. The van der Waals surface area contributed by atoms with E-state index in [0.29, 0.717) is 6.04 Å². The van der Waals surface area contributed by atoms with E-state index in [1.165, 1.54) is 45.3 Å². The Kier molecular flexibility index (Phi) is 11.0. The smallest absolute Gasteiger partial charge is 0.0105 e. The highest BCUT2D eigenvalue weighted by Crippen LogP contribution is 2.14. The lowest BCUT2D eigenvalue weighted by atomic mass is 9.94. The predicted molar refractivity (Wildman–Crippen MR) is 78.6 cm³/mol. The minimum Gasteiger partial charge on any atom is -0.314 e. The molecule has 0 heterocycles. The monoisotopic (exact) mass is 242 g/mol. The van der Waals surface area contributed by atoms with Gasteiger partial charge in [0.2, 0.25) is 0 Å². The zero-order chi connectivity index (χ0) is 13.1. The van der Waals surface area contributed by atoms with E-state index in [9.17, 15) is 0 Å². The van der Waals surface area contributed by atoms with Gasteiger partial charge in [-0.1, -0.05) is 41.0 Å². The number of nitrogens with one attached hydrogen (secondary N) is 1. The van der Waals surface area contributed by atoms with E-state index in [0.717, 1.165) is 12.5 Å². The normalized spacial score (nSPS) is 15.2. The van der Waals surface area contributed by atoms with Crippen molar-refractivity contribution < 1.29 is 0 Å². The molecule has 2 atom stereocenters. The molecule has 0 fully saturated rings. The molecular formula is C15H34N2. The average molecular weight is 242 g/mol. The molecule has 0 aliphatic rings. The molecule has 0 aromatic carbocycles. The third kappa shape index (κ3) is 7.77. The van der Waals surface area contributed by atoms with Crippen LogP contribution in [0.5, 0.6) is 0 Å². The lowest BCUT2D eigenvalue weighted by molar-refractivity contribution is 0.252. The second kappa shape index (κ2) is 11.0. The van der Waals surface area contributed by atoms with Gasteiger partial charge in [0.05, 0.1) is 0 Å². The first kappa shape index (κ1) is 16.9. The lowest BCUT2D eigenvalue weighted by Gasteiger charge is -2.28. The van der Waals surface area contributed by atoms with Gasteiger partial charge in [0.15, 0.2) is 0 Å². The molecule has 17 heavy (non-hydrogen) atoms. The van der Waals surface area contributed by atoms with Crippen LogP contribution in [0.2, 0.25) is 0 Å². The first-order chi connectivity index (χ1) is 8.19. The SMILES string of the molecule is CCCNC(CCN(CC)CC)C(C)CCC. The fourth-order valence-electron chi connectivity index (χ4n) is 2.44. The Hall–Kier alpha value is -0.0800. The molecule has 2 unspecified atom stereocenters. The first-order valence-corrected chi connectivity index (χ1v) is 7.65. The number of nitrogens with zero attached hydrogens (tertiary/aromatic N) is 1. The predicted octanol–water partition coefficient (Wildman–Crippen LogP) is 3.52. The van der Waals surface area contributed by atoms with Gasteiger partial charge >= 0.3 is 0 Å². The molecule has 0 saturated heterocycles. The molecule has 0 saturated carbocycles. The summed E-state index contributed by atoms with van der Waals surface area (Å²) in [6, 6.07) is 0.704. The van der Waals surface area contributed by atoms with E-state index in [1.54, 1.807) is 0 Å². The molecule has 0 aromatic heterocycles. The van der Waals surface area contributed by atoms with Crippen molar-refractivity contribution in [2.24, 2.45) is 5.92 Å². The van der Waals surface area contributed by atoms with Crippen molar-refractivity contribution in [2.45, 2.75) is 66.3 Å². The van der Waals surface area contributed by atoms with Crippen LogP contribution in [0.25, 0.3) is 0 Å². The second-order valence-corrected chi connectivity index (χ2v) is 5.14. The van der Waals surface area contributed by atoms with Gasteiger partial charge in [-0.2, -0.15) is 0 Å². The van der Waals surface area contributed by atoms with Crippen molar-refractivity contribution >= 4 is 0 Å². The van der Waals surface area contributed by atoms with Crippen LogP contribution in [-0.4, -0.2) is 37.1 Å². The van der Waals surface area contributed by atoms with E-state index in [1.807, 2.05) is 0 Å². The van der Waals surface area contributed by atoms with Crippen molar-refractivity contribution in [1.82, 2.24) is 10.2 Å². The molecule has 2 heteroatoms. The Morgan fingerprint density at radius 1 is 0.941 bits per heavy atom. The third-order valence-corrected chi connectivity index (χ3v) is 3.74. The summed E-state index contributed by atoms with van der Waals surface area (Å²) in [5, 5.41) is 3.73. The molecule has 0 amide bonds. The summed E-state index contributed by atoms with van der Waals surface area (Å²) in [5.74, 6) is 0.808. The maximum absolute atomic E-state index is 3.73. The highest BCUT2D eigenvalue weighted by molar-refractivity contribution is 4.74. The van der Waals surface area contributed by atoms with Crippen LogP contribution < -0.4 is 5.32 Å². The molecule has 0 aliphatic heterocycles. The molecule has 0 radical (unpaired) electrons. The number of hydrogen-bond donors (Lipinski definition) is 1. The molecule has 2 nitrogen and oxygen atoms in total. The first-order valence-electron chi connectivity index (χ1n) is 7.65. The van der Waals surface area contributed by atoms with E-state index in [2.05, 4.69) is 44.8 Å². The Morgan fingerprint density at radius 2 is 1.59 bits per heavy atom. The highest BCUT2D eigenvalue weighted by atomic mass is 15.1. The van der Waals surface area contributed by atoms with Gasteiger partial charge in [-0.15, -0.1) is 0 Å². The van der Waals surface area contributed by atoms with E-state index >= 15 is 0 Å². The molecule has 0 aromatic rings. The van der Waals surface area contributed by atoms with Gasteiger partial charge in [0.25, 0.3) is 0 Å². The van der Waals surface area contributed by atoms with Gasteiger partial charge in [-0.05, 0) is 51.4 Å². The van der Waals surface area contributed by atoms with Crippen LogP contribution in [-0.2, 0) is 0 Å². The zero-order valence-corrected chi connectivity index (χ0v) is 12.8. The minimum atomic E-state index is 0.704. The van der Waals surface area contributed by atoms with Gasteiger partial charge in [-0.25, -0.2) is 0 Å². The largest absolute Gasteiger partial charge is 0.314 e. The van der Waals surface area contributed by atoms with Crippen LogP contribution in [0.1, 0.15) is 60.3 Å². The maximum Gasteiger partial charge on any atom is 0.0105 e. The Labute approximate surface area is 109 Å². The van der Waals surface area contributed by atoms with Crippen molar-refractivity contribution in [3.8, 4) is 0 Å². The van der Waals surface area contributed by atoms with E-state index < -0.39 is 0 Å². The fourth-order valence-corrected chi connectivity index (χ4v) is 2.44. The second-order valence-electron chi connectivity index (χ2n) is 5.14. The van der Waals surface area contributed by atoms with Crippen LogP contribution in [0.3, 0.4) is 0 Å². The van der Waals surface area contributed by atoms with Gasteiger partial charge in [0.1, 0.15) is 0 Å². The molecular weight excluding hydrogens is 208 g/mol. The summed E-state index contributed by atoms with van der Waals surface area (Å²) in [4.78, 5) is 2.53. The van der Waals surface area contributed by atoms with E-state index in [-0.39, 0.29) is 0 Å². The molecule has 0 aliphatic carbocycles. The summed E-state index contributed by atoms with van der Waals surface area (Å²) in [5.41, 5.74) is 0. The minimum absolute atomic E-state index is 0.704. The number of hydrogen-bond acceptors (Lipinski definition) is 2. The summed E-state index contributed by atoms with van der Waals surface area (Å²) in [6.07, 6.45) is 5.18. The summed E-state index contributed by atoms with van der Waals surface area (Å²) in [6.45, 7) is 16.2. The average Bonchev–Trinajstić information content (AvgIpc) is 2.34. The van der Waals surface area contributed by atoms with Crippen LogP contribution >= 0.6 is 0 Å². The molecule has 104 valence electrons. The Morgan fingerprint density at radius 3 is 2.06 bits per heavy atom. The summed E-state index contributed by atoms with van der Waals surface area (Å²) in [7, 11) is 0. The standard InChI is InChI=1S/C15H34N2/c1-6-10-14(5)15(16-12-7-2)11-13-17(8-3)9-4/h14-16H,6-13H2,1-5H3. The van der Waals surface area contributed by atoms with E-state index in [4.69, 9.17) is 0 Å². The molecule has 0 bridgehead atoms. The zero-order valence-electron chi connectivity index (χ0n) is 12.8. The van der Waals surface area contributed by atoms with Gasteiger partial charge in [-0.3, -0.25) is 0 Å². The van der Waals surface area contributed by atoms with Crippen molar-refractivity contribution in [1.29, 1.82) is 0 Å². The van der Waals surface area contributed by atoms with Gasteiger partial charge < -0.3 is 10.2 Å². The van der Waals surface area contributed by atoms with Crippen molar-refractivity contribution in [2.75, 3.05) is 26.2 Å².